The lowest BCUT2D eigenvalue weighted by Gasteiger charge is -2.14. The fourth-order valence-corrected chi connectivity index (χ4v) is 1.55. The summed E-state index contributed by atoms with van der Waals surface area (Å²) in [6, 6.07) is 5.04. The largest absolute Gasteiger partial charge is 0.497 e. The normalized spacial score (nSPS) is 11.5. The minimum absolute atomic E-state index is 0.00427. The maximum Gasteiger partial charge on any atom is 0.227 e. The number of hydrogen-bond donors (Lipinski definition) is 2. The van der Waals surface area contributed by atoms with Crippen LogP contribution in [0.1, 0.15) is 13.3 Å². The summed E-state index contributed by atoms with van der Waals surface area (Å²) in [6.45, 7) is 1.64. The highest BCUT2D eigenvalue weighted by Gasteiger charge is 2.17. The van der Waals surface area contributed by atoms with Gasteiger partial charge in [0, 0.05) is 18.4 Å². The van der Waals surface area contributed by atoms with Crippen LogP contribution in [0, 0.1) is 5.92 Å². The number of carbonyl (C=O) groups excluding carboxylic acids is 2. The first kappa shape index (κ1) is 14.8. The molecule has 0 spiro atoms. The van der Waals surface area contributed by atoms with Gasteiger partial charge in [-0.15, -0.1) is 0 Å². The number of rotatable bonds is 6. The van der Waals surface area contributed by atoms with Gasteiger partial charge in [-0.3, -0.25) is 9.59 Å². The van der Waals surface area contributed by atoms with E-state index in [0.29, 0.717) is 17.2 Å². The number of benzene rings is 1. The smallest absolute Gasteiger partial charge is 0.227 e. The highest BCUT2D eigenvalue weighted by molar-refractivity contribution is 5.95. The molecule has 0 bridgehead atoms. The molecule has 1 unspecified atom stereocenters. The Balaban J connectivity index is 2.81. The van der Waals surface area contributed by atoms with Crippen LogP contribution in [0.2, 0.25) is 0 Å². The van der Waals surface area contributed by atoms with Gasteiger partial charge in [0.05, 0.1) is 19.9 Å². The van der Waals surface area contributed by atoms with Gasteiger partial charge in [0.15, 0.2) is 0 Å². The molecule has 0 saturated heterocycles. The van der Waals surface area contributed by atoms with Gasteiger partial charge in [-0.25, -0.2) is 0 Å². The van der Waals surface area contributed by atoms with Gasteiger partial charge in [0.25, 0.3) is 0 Å². The van der Waals surface area contributed by atoms with Crippen molar-refractivity contribution < 1.29 is 19.1 Å². The third kappa shape index (κ3) is 4.17. The lowest BCUT2D eigenvalue weighted by molar-refractivity contribution is -0.125. The minimum atomic E-state index is -0.510. The molecule has 0 radical (unpaired) electrons. The lowest BCUT2D eigenvalue weighted by atomic mass is 10.1. The van der Waals surface area contributed by atoms with Crippen LogP contribution < -0.4 is 20.5 Å². The van der Waals surface area contributed by atoms with Crippen molar-refractivity contribution in [3.05, 3.63) is 18.2 Å². The molecule has 0 saturated carbocycles. The van der Waals surface area contributed by atoms with Gasteiger partial charge in [-0.1, -0.05) is 6.92 Å². The van der Waals surface area contributed by atoms with E-state index in [1.54, 1.807) is 32.2 Å². The van der Waals surface area contributed by atoms with Crippen LogP contribution in [0.15, 0.2) is 18.2 Å². The summed E-state index contributed by atoms with van der Waals surface area (Å²) in [4.78, 5) is 22.6. The average molecular weight is 266 g/mol. The van der Waals surface area contributed by atoms with Crippen molar-refractivity contribution in [2.75, 3.05) is 19.5 Å². The molecule has 1 aromatic rings. The molecular weight excluding hydrogens is 248 g/mol. The van der Waals surface area contributed by atoms with Gasteiger partial charge in [0.2, 0.25) is 11.8 Å². The molecule has 6 heteroatoms. The van der Waals surface area contributed by atoms with Crippen molar-refractivity contribution in [2.45, 2.75) is 13.3 Å². The van der Waals surface area contributed by atoms with Crippen molar-refractivity contribution in [2.24, 2.45) is 11.7 Å². The summed E-state index contributed by atoms with van der Waals surface area (Å²) in [5, 5.41) is 2.69. The Bertz CT molecular complexity index is 474. The predicted octanol–water partition coefficient (Wildman–Crippen LogP) is 1.15. The first-order valence-corrected chi connectivity index (χ1v) is 5.79. The molecule has 0 fully saturated rings. The number of ether oxygens (including phenoxy) is 2. The third-order valence-electron chi connectivity index (χ3n) is 2.62. The van der Waals surface area contributed by atoms with Crippen LogP contribution in [0.5, 0.6) is 11.5 Å². The van der Waals surface area contributed by atoms with E-state index in [4.69, 9.17) is 15.2 Å². The van der Waals surface area contributed by atoms with E-state index in [-0.39, 0.29) is 12.3 Å². The predicted molar refractivity (Wildman–Crippen MR) is 71.2 cm³/mol. The molecule has 1 aromatic carbocycles. The zero-order valence-electron chi connectivity index (χ0n) is 11.2. The average Bonchev–Trinajstić information content (AvgIpc) is 2.38. The number of anilines is 1. The number of nitrogens with two attached hydrogens (primary N) is 1. The molecular formula is C13H18N2O4. The van der Waals surface area contributed by atoms with Crippen LogP contribution in [0.4, 0.5) is 5.69 Å². The van der Waals surface area contributed by atoms with E-state index in [0.717, 1.165) is 0 Å². The quantitative estimate of drug-likeness (QED) is 0.808. The second kappa shape index (κ2) is 6.63. The molecule has 0 heterocycles. The fraction of sp³-hybridized carbons (Fsp3) is 0.385. The van der Waals surface area contributed by atoms with Crippen molar-refractivity contribution in [1.29, 1.82) is 0 Å². The maximum atomic E-state index is 11.9. The zero-order chi connectivity index (χ0) is 14.4. The van der Waals surface area contributed by atoms with E-state index in [2.05, 4.69) is 5.32 Å². The second-order valence-corrected chi connectivity index (χ2v) is 4.13. The summed E-state index contributed by atoms with van der Waals surface area (Å²) in [5.74, 6) is -0.185. The fourth-order valence-electron chi connectivity index (χ4n) is 1.55. The van der Waals surface area contributed by atoms with Crippen molar-refractivity contribution in [3.63, 3.8) is 0 Å². The van der Waals surface area contributed by atoms with Crippen molar-refractivity contribution in [3.8, 4) is 11.5 Å². The number of methoxy groups -OCH3 is 2. The molecule has 3 N–H and O–H groups in total. The first-order valence-electron chi connectivity index (χ1n) is 5.79. The van der Waals surface area contributed by atoms with E-state index in [1.807, 2.05) is 0 Å². The molecule has 104 valence electrons. The van der Waals surface area contributed by atoms with Crippen LogP contribution in [0.3, 0.4) is 0 Å². The number of amides is 2. The molecule has 2 amide bonds. The molecule has 0 aliphatic rings. The molecule has 19 heavy (non-hydrogen) atoms. The van der Waals surface area contributed by atoms with Gasteiger partial charge in [0.1, 0.15) is 11.5 Å². The van der Waals surface area contributed by atoms with E-state index >= 15 is 0 Å². The monoisotopic (exact) mass is 266 g/mol. The first-order chi connectivity index (χ1) is 8.97. The molecule has 0 aliphatic heterocycles. The number of carbonyl (C=O) groups is 2. The Morgan fingerprint density at radius 1 is 1.32 bits per heavy atom. The topological polar surface area (TPSA) is 90.6 Å². The van der Waals surface area contributed by atoms with E-state index in [9.17, 15) is 9.59 Å². The Kier molecular flexibility index (Phi) is 5.17. The molecule has 0 aromatic heterocycles. The highest BCUT2D eigenvalue weighted by Crippen LogP contribution is 2.29. The zero-order valence-corrected chi connectivity index (χ0v) is 11.2. The molecule has 0 aliphatic carbocycles. The second-order valence-electron chi connectivity index (χ2n) is 4.13. The highest BCUT2D eigenvalue weighted by atomic mass is 16.5. The van der Waals surface area contributed by atoms with Gasteiger partial charge in [-0.2, -0.15) is 0 Å². The minimum Gasteiger partial charge on any atom is -0.497 e. The van der Waals surface area contributed by atoms with Crippen LogP contribution >= 0.6 is 0 Å². The Morgan fingerprint density at radius 2 is 2.00 bits per heavy atom. The molecule has 1 atom stereocenters. The summed E-state index contributed by atoms with van der Waals surface area (Å²) in [5.41, 5.74) is 5.58. The van der Waals surface area contributed by atoms with Crippen LogP contribution in [0.25, 0.3) is 0 Å². The van der Waals surface area contributed by atoms with Crippen molar-refractivity contribution in [1.82, 2.24) is 0 Å². The van der Waals surface area contributed by atoms with E-state index in [1.165, 1.54) is 7.11 Å². The van der Waals surface area contributed by atoms with Gasteiger partial charge >= 0.3 is 0 Å². The standard InChI is InChI=1S/C13H18N2O4/c1-8(6-12(14)16)13(17)15-10-5-4-9(18-2)7-11(10)19-3/h4-5,7-8H,6H2,1-3H3,(H2,14,16)(H,15,17). The number of nitrogens with one attached hydrogen (secondary N) is 1. The summed E-state index contributed by atoms with van der Waals surface area (Å²) >= 11 is 0. The summed E-state index contributed by atoms with van der Waals surface area (Å²) < 4.78 is 10.2. The van der Waals surface area contributed by atoms with Crippen molar-refractivity contribution >= 4 is 17.5 Å². The summed E-state index contributed by atoms with van der Waals surface area (Å²) in [6.07, 6.45) is 0.00427. The van der Waals surface area contributed by atoms with Crippen LogP contribution in [-0.4, -0.2) is 26.0 Å². The van der Waals surface area contributed by atoms with E-state index < -0.39 is 11.8 Å². The lowest BCUT2D eigenvalue weighted by Crippen LogP contribution is -2.25. The Labute approximate surface area is 111 Å². The third-order valence-corrected chi connectivity index (χ3v) is 2.62. The Hall–Kier alpha value is -2.24. The summed E-state index contributed by atoms with van der Waals surface area (Å²) in [7, 11) is 3.04. The van der Waals surface area contributed by atoms with Gasteiger partial charge in [-0.05, 0) is 12.1 Å². The molecule has 6 nitrogen and oxygen atoms in total. The van der Waals surface area contributed by atoms with Gasteiger partial charge < -0.3 is 20.5 Å². The maximum absolute atomic E-state index is 11.9. The Morgan fingerprint density at radius 3 is 2.53 bits per heavy atom. The van der Waals surface area contributed by atoms with Crippen LogP contribution in [-0.2, 0) is 9.59 Å². The molecule has 1 rings (SSSR count). The number of hydrogen-bond acceptors (Lipinski definition) is 4. The number of primary amides is 1. The SMILES string of the molecule is COc1ccc(NC(=O)C(C)CC(N)=O)c(OC)c1.